The maximum Gasteiger partial charge on any atom is 0.491 e. The summed E-state index contributed by atoms with van der Waals surface area (Å²) in [4.78, 5) is 0.232. The average Bonchev–Trinajstić information content (AvgIpc) is 2.87. The van der Waals surface area contributed by atoms with Crippen molar-refractivity contribution in [3.8, 4) is 0 Å². The van der Waals surface area contributed by atoms with Crippen LogP contribution in [0, 0.1) is 6.92 Å². The molecule has 1 fully saturated rings. The van der Waals surface area contributed by atoms with Crippen molar-refractivity contribution in [1.82, 2.24) is 4.72 Å². The Morgan fingerprint density at radius 1 is 0.966 bits per heavy atom. The predicted molar refractivity (Wildman–Crippen MR) is 117 cm³/mol. The Balaban J connectivity index is 1.87. The van der Waals surface area contributed by atoms with Crippen molar-refractivity contribution in [3.63, 3.8) is 0 Å². The van der Waals surface area contributed by atoms with Gasteiger partial charge in [-0.15, -0.1) is 0 Å². The van der Waals surface area contributed by atoms with Gasteiger partial charge in [0.2, 0.25) is 10.0 Å². The van der Waals surface area contributed by atoms with Gasteiger partial charge in [-0.1, -0.05) is 54.1 Å². The lowest BCUT2D eigenvalue weighted by atomic mass is 9.77. The summed E-state index contributed by atoms with van der Waals surface area (Å²) < 4.78 is 40.5. The summed E-state index contributed by atoms with van der Waals surface area (Å²) in [5.74, 6) is 0. The first-order valence-electron chi connectivity index (χ1n) is 9.68. The first kappa shape index (κ1) is 21.8. The molecule has 0 spiro atoms. The van der Waals surface area contributed by atoms with Gasteiger partial charge in [-0.05, 0) is 57.8 Å². The standard InChI is InChI=1S/C22H28BNO4S/c1-17-11-13-20(14-12-17)29(25,26)24-16-19(15-18-9-7-6-8-10-18)23-27-21(2,3)22(4,5)28-23/h6-15,24H,16H2,1-5H3/b19-15+. The monoisotopic (exact) mass is 413 g/mol. The molecule has 1 aliphatic heterocycles. The molecule has 1 saturated heterocycles. The molecule has 29 heavy (non-hydrogen) atoms. The lowest BCUT2D eigenvalue weighted by Gasteiger charge is -2.32. The van der Waals surface area contributed by atoms with Crippen molar-refractivity contribution in [2.45, 2.75) is 50.7 Å². The van der Waals surface area contributed by atoms with Gasteiger partial charge in [0, 0.05) is 6.54 Å². The molecule has 0 amide bonds. The largest absolute Gasteiger partial charge is 0.491 e. The molecule has 1 aliphatic rings. The van der Waals surface area contributed by atoms with Crippen LogP contribution in [0.2, 0.25) is 0 Å². The number of hydrogen-bond donors (Lipinski definition) is 1. The Kier molecular flexibility index (Phi) is 6.06. The second-order valence-electron chi connectivity index (χ2n) is 8.36. The highest BCUT2D eigenvalue weighted by Gasteiger charge is 2.52. The molecule has 1 N–H and O–H groups in total. The normalized spacial score (nSPS) is 18.8. The fourth-order valence-corrected chi connectivity index (χ4v) is 3.96. The lowest BCUT2D eigenvalue weighted by molar-refractivity contribution is 0.00578. The van der Waals surface area contributed by atoms with Gasteiger partial charge in [0.25, 0.3) is 0 Å². The van der Waals surface area contributed by atoms with Crippen LogP contribution in [0.15, 0.2) is 65.0 Å². The first-order valence-corrected chi connectivity index (χ1v) is 11.2. The van der Waals surface area contributed by atoms with E-state index in [-0.39, 0.29) is 11.4 Å². The van der Waals surface area contributed by atoms with E-state index in [1.54, 1.807) is 24.3 Å². The minimum atomic E-state index is -3.65. The van der Waals surface area contributed by atoms with Gasteiger partial charge in [0.05, 0.1) is 16.1 Å². The van der Waals surface area contributed by atoms with Crippen molar-refractivity contribution >= 4 is 23.2 Å². The highest BCUT2D eigenvalue weighted by atomic mass is 32.2. The fourth-order valence-electron chi connectivity index (χ4n) is 2.94. The molecule has 0 unspecified atom stereocenters. The SMILES string of the molecule is Cc1ccc(S(=O)(=O)NC/C(=C\c2ccccc2)B2OC(C)(C)C(C)(C)O2)cc1. The molecule has 2 aromatic rings. The van der Waals surface area contributed by atoms with Gasteiger partial charge in [-0.2, -0.15) is 0 Å². The van der Waals surface area contributed by atoms with Gasteiger partial charge in [0.15, 0.2) is 0 Å². The van der Waals surface area contributed by atoms with E-state index >= 15 is 0 Å². The third-order valence-corrected chi connectivity index (χ3v) is 6.92. The minimum Gasteiger partial charge on any atom is -0.400 e. The molecular formula is C22H28BNO4S. The van der Waals surface area contributed by atoms with Gasteiger partial charge < -0.3 is 9.31 Å². The molecule has 0 bridgehead atoms. The van der Waals surface area contributed by atoms with E-state index in [2.05, 4.69) is 4.72 Å². The Bertz CT molecular complexity index is 967. The maximum absolute atomic E-state index is 12.8. The maximum atomic E-state index is 12.8. The average molecular weight is 413 g/mol. The number of rotatable bonds is 6. The fraction of sp³-hybridized carbons (Fsp3) is 0.364. The second-order valence-corrected chi connectivity index (χ2v) is 10.1. The van der Waals surface area contributed by atoms with E-state index in [0.717, 1.165) is 11.1 Å². The molecule has 2 aromatic carbocycles. The second kappa shape index (κ2) is 8.07. The summed E-state index contributed by atoms with van der Waals surface area (Å²) in [6, 6.07) is 16.5. The van der Waals surface area contributed by atoms with Crippen LogP contribution in [0.4, 0.5) is 0 Å². The third-order valence-electron chi connectivity index (χ3n) is 5.51. The van der Waals surface area contributed by atoms with Crippen molar-refractivity contribution in [2.75, 3.05) is 6.54 Å². The predicted octanol–water partition coefficient (Wildman–Crippen LogP) is 3.99. The number of nitrogens with one attached hydrogen (secondary N) is 1. The minimum absolute atomic E-state index is 0.0852. The smallest absolute Gasteiger partial charge is 0.400 e. The molecule has 154 valence electrons. The van der Waals surface area contributed by atoms with Crippen LogP contribution in [0.3, 0.4) is 0 Å². The van der Waals surface area contributed by atoms with Crippen LogP contribution < -0.4 is 4.72 Å². The topological polar surface area (TPSA) is 64.6 Å². The summed E-state index contributed by atoms with van der Waals surface area (Å²) in [5.41, 5.74) is 1.65. The van der Waals surface area contributed by atoms with Gasteiger partial charge >= 0.3 is 7.12 Å². The quantitative estimate of drug-likeness (QED) is 0.728. The summed E-state index contributed by atoms with van der Waals surface area (Å²) in [5, 5.41) is 0. The number of aryl methyl sites for hydroxylation is 1. The summed E-state index contributed by atoms with van der Waals surface area (Å²) >= 11 is 0. The molecular weight excluding hydrogens is 385 g/mol. The Labute approximate surface area is 174 Å². The third kappa shape index (κ3) is 4.98. The van der Waals surface area contributed by atoms with Crippen molar-refractivity contribution in [3.05, 3.63) is 71.2 Å². The molecule has 5 nitrogen and oxygen atoms in total. The van der Waals surface area contributed by atoms with Gasteiger partial charge in [-0.3, -0.25) is 0 Å². The van der Waals surface area contributed by atoms with Crippen LogP contribution in [-0.2, 0) is 19.3 Å². The van der Waals surface area contributed by atoms with E-state index in [1.165, 1.54) is 0 Å². The number of hydrogen-bond acceptors (Lipinski definition) is 4. The van der Waals surface area contributed by atoms with Crippen LogP contribution in [0.25, 0.3) is 6.08 Å². The van der Waals surface area contributed by atoms with Crippen molar-refractivity contribution < 1.29 is 17.7 Å². The van der Waals surface area contributed by atoms with E-state index < -0.39 is 28.3 Å². The van der Waals surface area contributed by atoms with Crippen molar-refractivity contribution in [2.24, 2.45) is 0 Å². The summed E-state index contributed by atoms with van der Waals surface area (Å²) in [7, 11) is -4.29. The molecule has 1 heterocycles. The molecule has 0 aromatic heterocycles. The van der Waals surface area contributed by atoms with E-state index in [0.29, 0.717) is 5.47 Å². The molecule has 0 saturated carbocycles. The van der Waals surface area contributed by atoms with Gasteiger partial charge in [0.1, 0.15) is 0 Å². The van der Waals surface area contributed by atoms with E-state index in [9.17, 15) is 8.42 Å². The van der Waals surface area contributed by atoms with Crippen LogP contribution >= 0.6 is 0 Å². The Morgan fingerprint density at radius 3 is 2.07 bits per heavy atom. The van der Waals surface area contributed by atoms with Crippen LogP contribution in [-0.4, -0.2) is 33.3 Å². The highest BCUT2D eigenvalue weighted by molar-refractivity contribution is 7.89. The molecule has 0 radical (unpaired) electrons. The van der Waals surface area contributed by atoms with E-state index in [1.807, 2.05) is 71.0 Å². The summed E-state index contributed by atoms with van der Waals surface area (Å²) in [6.45, 7) is 9.91. The Hall–Kier alpha value is -1.93. The molecule has 0 atom stereocenters. The lowest BCUT2D eigenvalue weighted by Crippen LogP contribution is -2.41. The highest BCUT2D eigenvalue weighted by Crippen LogP contribution is 2.38. The van der Waals surface area contributed by atoms with Gasteiger partial charge in [-0.25, -0.2) is 13.1 Å². The first-order chi connectivity index (χ1) is 13.5. The van der Waals surface area contributed by atoms with Crippen LogP contribution in [0.1, 0.15) is 38.8 Å². The molecule has 7 heteroatoms. The zero-order chi connectivity index (χ0) is 21.3. The Morgan fingerprint density at radius 2 is 1.52 bits per heavy atom. The van der Waals surface area contributed by atoms with E-state index in [4.69, 9.17) is 9.31 Å². The zero-order valence-electron chi connectivity index (χ0n) is 17.6. The number of benzene rings is 2. The number of sulfonamides is 1. The summed E-state index contributed by atoms with van der Waals surface area (Å²) in [6.07, 6.45) is 1.92. The van der Waals surface area contributed by atoms with Crippen molar-refractivity contribution in [1.29, 1.82) is 0 Å². The molecule has 3 rings (SSSR count). The molecule has 0 aliphatic carbocycles. The van der Waals surface area contributed by atoms with Crippen LogP contribution in [0.5, 0.6) is 0 Å². The zero-order valence-corrected chi connectivity index (χ0v) is 18.4.